The quantitative estimate of drug-likeness (QED) is 0.859. The minimum atomic E-state index is -0.261. The number of fused-ring (bicyclic) bond motifs is 1. The maximum atomic E-state index is 12.0. The van der Waals surface area contributed by atoms with Crippen LogP contribution in [-0.2, 0) is 16.1 Å². The van der Waals surface area contributed by atoms with Crippen LogP contribution in [0.25, 0.3) is 10.9 Å². The van der Waals surface area contributed by atoms with E-state index in [1.165, 1.54) is 7.11 Å². The van der Waals surface area contributed by atoms with Crippen molar-refractivity contribution in [1.29, 1.82) is 0 Å². The highest BCUT2D eigenvalue weighted by Gasteiger charge is 2.31. The van der Waals surface area contributed by atoms with Crippen molar-refractivity contribution in [2.45, 2.75) is 25.4 Å². The van der Waals surface area contributed by atoms with E-state index < -0.39 is 0 Å². The number of carbonyl (C=O) groups excluding carboxylic acids is 1. The molecule has 0 radical (unpaired) electrons. The van der Waals surface area contributed by atoms with Crippen molar-refractivity contribution in [3.8, 4) is 0 Å². The molecule has 0 atom stereocenters. The topological polar surface area (TPSA) is 51.3 Å². The first-order valence-electron chi connectivity index (χ1n) is 6.46. The Hall–Kier alpha value is -1.81. The number of H-pyrrole nitrogens is 1. The lowest BCUT2D eigenvalue weighted by Gasteiger charge is -2.02. The lowest BCUT2D eigenvalue weighted by atomic mass is 10.1. The smallest absolute Gasteiger partial charge is 0.340 e. The fourth-order valence-corrected chi connectivity index (χ4v) is 2.52. The van der Waals surface area contributed by atoms with Crippen LogP contribution in [0.3, 0.4) is 0 Å². The number of rotatable bonds is 4. The summed E-state index contributed by atoms with van der Waals surface area (Å²) in [7, 11) is 3.09. The number of nitrogens with one attached hydrogen (secondary N) is 1. The van der Waals surface area contributed by atoms with E-state index >= 15 is 0 Å². The molecule has 1 aromatic heterocycles. The summed E-state index contributed by atoms with van der Waals surface area (Å²) in [6, 6.07) is 6.02. The SMILES string of the molecule is COCc1ccc2[nH]c(C3CC3)c(C(=O)OC)c2c1. The number of carbonyl (C=O) groups is 1. The second kappa shape index (κ2) is 4.70. The second-order valence-corrected chi connectivity index (χ2v) is 4.99. The van der Waals surface area contributed by atoms with E-state index in [1.54, 1.807) is 7.11 Å². The zero-order valence-electron chi connectivity index (χ0n) is 11.2. The molecule has 1 aliphatic carbocycles. The molecule has 1 saturated carbocycles. The van der Waals surface area contributed by atoms with Crippen LogP contribution in [0.4, 0.5) is 0 Å². The highest BCUT2D eigenvalue weighted by molar-refractivity contribution is 6.06. The summed E-state index contributed by atoms with van der Waals surface area (Å²) in [6.45, 7) is 0.542. The van der Waals surface area contributed by atoms with Crippen molar-refractivity contribution in [2.24, 2.45) is 0 Å². The molecule has 1 aliphatic rings. The Morgan fingerprint density at radius 1 is 1.37 bits per heavy atom. The molecule has 4 heteroatoms. The first-order chi connectivity index (χ1) is 9.24. The van der Waals surface area contributed by atoms with E-state index in [-0.39, 0.29) is 5.97 Å². The normalized spacial score (nSPS) is 14.8. The number of esters is 1. The summed E-state index contributed by atoms with van der Waals surface area (Å²) in [4.78, 5) is 15.4. The first kappa shape index (κ1) is 12.2. The molecule has 0 saturated heterocycles. The van der Waals surface area contributed by atoms with Gasteiger partial charge in [0.1, 0.15) is 0 Å². The van der Waals surface area contributed by atoms with Crippen molar-refractivity contribution in [3.63, 3.8) is 0 Å². The van der Waals surface area contributed by atoms with E-state index in [0.29, 0.717) is 18.1 Å². The van der Waals surface area contributed by atoms with Gasteiger partial charge in [-0.15, -0.1) is 0 Å². The molecule has 1 heterocycles. The number of aromatic amines is 1. The van der Waals surface area contributed by atoms with E-state index in [1.807, 2.05) is 18.2 Å². The molecular weight excluding hydrogens is 242 g/mol. The summed E-state index contributed by atoms with van der Waals surface area (Å²) in [5.74, 6) is 0.218. The first-order valence-corrected chi connectivity index (χ1v) is 6.46. The lowest BCUT2D eigenvalue weighted by molar-refractivity contribution is 0.0601. The van der Waals surface area contributed by atoms with Gasteiger partial charge in [0.05, 0.1) is 19.3 Å². The van der Waals surface area contributed by atoms with E-state index in [0.717, 1.165) is 35.0 Å². The summed E-state index contributed by atoms with van der Waals surface area (Å²) in [6.07, 6.45) is 2.28. The van der Waals surface area contributed by atoms with Gasteiger partial charge in [-0.2, -0.15) is 0 Å². The van der Waals surface area contributed by atoms with Gasteiger partial charge in [0.2, 0.25) is 0 Å². The Morgan fingerprint density at radius 3 is 2.79 bits per heavy atom. The van der Waals surface area contributed by atoms with Crippen LogP contribution in [0.2, 0.25) is 0 Å². The van der Waals surface area contributed by atoms with Gasteiger partial charge in [-0.3, -0.25) is 0 Å². The number of methoxy groups -OCH3 is 2. The second-order valence-electron chi connectivity index (χ2n) is 4.99. The largest absolute Gasteiger partial charge is 0.465 e. The standard InChI is InChI=1S/C15H17NO3/c1-18-8-9-3-6-12-11(7-9)13(15(17)19-2)14(16-12)10-4-5-10/h3,6-7,10,16H,4-5,8H2,1-2H3. The molecule has 1 N–H and O–H groups in total. The minimum Gasteiger partial charge on any atom is -0.465 e. The van der Waals surface area contributed by atoms with E-state index in [9.17, 15) is 4.79 Å². The van der Waals surface area contributed by atoms with Crippen LogP contribution < -0.4 is 0 Å². The van der Waals surface area contributed by atoms with Gasteiger partial charge in [0.25, 0.3) is 0 Å². The van der Waals surface area contributed by atoms with Gasteiger partial charge in [-0.1, -0.05) is 6.07 Å². The Bertz CT molecular complexity index is 626. The zero-order valence-corrected chi connectivity index (χ0v) is 11.2. The molecule has 0 spiro atoms. The molecule has 4 nitrogen and oxygen atoms in total. The van der Waals surface area contributed by atoms with Crippen molar-refractivity contribution < 1.29 is 14.3 Å². The van der Waals surface area contributed by atoms with Gasteiger partial charge in [0, 0.05) is 23.7 Å². The van der Waals surface area contributed by atoms with E-state index in [2.05, 4.69) is 4.98 Å². The number of benzene rings is 1. The number of aromatic nitrogens is 1. The number of hydrogen-bond acceptors (Lipinski definition) is 3. The molecule has 2 aromatic rings. The molecule has 0 bridgehead atoms. The summed E-state index contributed by atoms with van der Waals surface area (Å²) in [5, 5.41) is 0.934. The van der Waals surface area contributed by atoms with Gasteiger partial charge in [0.15, 0.2) is 0 Å². The van der Waals surface area contributed by atoms with Crippen LogP contribution in [0.5, 0.6) is 0 Å². The molecule has 1 fully saturated rings. The Kier molecular flexibility index (Phi) is 3.03. The fraction of sp³-hybridized carbons (Fsp3) is 0.400. The summed E-state index contributed by atoms with van der Waals surface area (Å²) in [5.41, 5.74) is 3.76. The summed E-state index contributed by atoms with van der Waals surface area (Å²) >= 11 is 0. The molecule has 1 aromatic carbocycles. The van der Waals surface area contributed by atoms with E-state index in [4.69, 9.17) is 9.47 Å². The van der Waals surface area contributed by atoms with Crippen molar-refractivity contribution in [2.75, 3.05) is 14.2 Å². The van der Waals surface area contributed by atoms with Crippen molar-refractivity contribution >= 4 is 16.9 Å². The number of hydrogen-bond donors (Lipinski definition) is 1. The third-order valence-electron chi connectivity index (χ3n) is 3.58. The van der Waals surface area contributed by atoms with Crippen LogP contribution in [0, 0.1) is 0 Å². The average molecular weight is 259 g/mol. The molecule has 3 rings (SSSR count). The van der Waals surface area contributed by atoms with Crippen LogP contribution in [0.1, 0.15) is 40.4 Å². The minimum absolute atomic E-state index is 0.261. The molecule has 100 valence electrons. The summed E-state index contributed by atoms with van der Waals surface area (Å²) < 4.78 is 10.1. The van der Waals surface area contributed by atoms with Gasteiger partial charge < -0.3 is 14.5 Å². The van der Waals surface area contributed by atoms with Crippen LogP contribution in [0.15, 0.2) is 18.2 Å². The fourth-order valence-electron chi connectivity index (χ4n) is 2.52. The highest BCUT2D eigenvalue weighted by Crippen LogP contribution is 2.43. The molecule has 0 aliphatic heterocycles. The maximum Gasteiger partial charge on any atom is 0.340 e. The van der Waals surface area contributed by atoms with Crippen LogP contribution >= 0.6 is 0 Å². The third-order valence-corrected chi connectivity index (χ3v) is 3.58. The average Bonchev–Trinajstić information content (AvgIpc) is 3.19. The van der Waals surface area contributed by atoms with Gasteiger partial charge in [-0.05, 0) is 36.5 Å². The highest BCUT2D eigenvalue weighted by atomic mass is 16.5. The van der Waals surface area contributed by atoms with Gasteiger partial charge >= 0.3 is 5.97 Å². The predicted octanol–water partition coefficient (Wildman–Crippen LogP) is 2.98. The van der Waals surface area contributed by atoms with Crippen molar-refractivity contribution in [3.05, 3.63) is 35.0 Å². The molecule has 0 amide bonds. The van der Waals surface area contributed by atoms with Crippen molar-refractivity contribution in [1.82, 2.24) is 4.98 Å². The number of ether oxygens (including phenoxy) is 2. The molecular formula is C15H17NO3. The predicted molar refractivity (Wildman–Crippen MR) is 72.3 cm³/mol. The zero-order chi connectivity index (χ0) is 13.4. The Labute approximate surface area is 111 Å². The maximum absolute atomic E-state index is 12.0. The third kappa shape index (κ3) is 2.12. The molecule has 0 unspecified atom stereocenters. The lowest BCUT2D eigenvalue weighted by Crippen LogP contribution is -2.03. The Morgan fingerprint density at radius 2 is 2.16 bits per heavy atom. The molecule has 19 heavy (non-hydrogen) atoms. The Balaban J connectivity index is 2.17. The van der Waals surface area contributed by atoms with Gasteiger partial charge in [-0.25, -0.2) is 4.79 Å². The monoisotopic (exact) mass is 259 g/mol. The van der Waals surface area contributed by atoms with Crippen LogP contribution in [-0.4, -0.2) is 25.2 Å².